The SMILES string of the molecule is C=C(C)c1c(-c2ccc(COC)c([N+](=O)[O-])c2)nn(C(C)c2cc3cccc(Cl)c3c(=O)n2-c2ccccc2)c1N=CC. The third-order valence-corrected chi connectivity index (χ3v) is 7.57. The number of benzene rings is 3. The van der Waals surface area contributed by atoms with Crippen molar-refractivity contribution in [3.05, 3.63) is 122 Å². The Hall–Kier alpha value is -4.86. The number of hydrogen-bond donors (Lipinski definition) is 0. The van der Waals surface area contributed by atoms with Gasteiger partial charge in [-0.1, -0.05) is 54.6 Å². The fourth-order valence-electron chi connectivity index (χ4n) is 5.31. The zero-order chi connectivity index (χ0) is 30.8. The van der Waals surface area contributed by atoms with Gasteiger partial charge in [0.1, 0.15) is 5.69 Å². The first kappa shape index (κ1) is 29.6. The van der Waals surface area contributed by atoms with E-state index in [1.165, 1.54) is 13.2 Å². The Labute approximate surface area is 253 Å². The number of para-hydroxylation sites is 1. The maximum Gasteiger partial charge on any atom is 0.275 e. The molecule has 5 aromatic rings. The monoisotopic (exact) mass is 595 g/mol. The molecule has 0 saturated carbocycles. The molecule has 9 nitrogen and oxygen atoms in total. The summed E-state index contributed by atoms with van der Waals surface area (Å²) >= 11 is 6.51. The molecule has 0 saturated heterocycles. The van der Waals surface area contributed by atoms with Crippen LogP contribution in [0.4, 0.5) is 11.5 Å². The molecule has 0 fully saturated rings. The Morgan fingerprint density at radius 2 is 1.91 bits per heavy atom. The highest BCUT2D eigenvalue weighted by Gasteiger charge is 2.27. The molecule has 0 radical (unpaired) electrons. The van der Waals surface area contributed by atoms with Gasteiger partial charge in [-0.3, -0.25) is 19.5 Å². The summed E-state index contributed by atoms with van der Waals surface area (Å²) in [6.45, 7) is 9.86. The van der Waals surface area contributed by atoms with E-state index in [0.717, 1.165) is 0 Å². The van der Waals surface area contributed by atoms with Crippen molar-refractivity contribution in [2.45, 2.75) is 33.4 Å². The summed E-state index contributed by atoms with van der Waals surface area (Å²) in [5, 5.41) is 18.4. The molecular formula is C33H30ClN5O4. The van der Waals surface area contributed by atoms with Gasteiger partial charge in [-0.15, -0.1) is 0 Å². The fraction of sp³-hybridized carbons (Fsp3) is 0.182. The number of allylic oxidation sites excluding steroid dienone is 1. The molecule has 0 bridgehead atoms. The van der Waals surface area contributed by atoms with Gasteiger partial charge in [0, 0.05) is 36.2 Å². The van der Waals surface area contributed by atoms with E-state index < -0.39 is 11.0 Å². The van der Waals surface area contributed by atoms with Crippen LogP contribution in [0.3, 0.4) is 0 Å². The van der Waals surface area contributed by atoms with E-state index in [4.69, 9.17) is 21.4 Å². The van der Waals surface area contributed by atoms with Crippen LogP contribution in [0.5, 0.6) is 0 Å². The van der Waals surface area contributed by atoms with E-state index in [-0.39, 0.29) is 17.9 Å². The van der Waals surface area contributed by atoms with Gasteiger partial charge in [-0.25, -0.2) is 9.67 Å². The lowest BCUT2D eigenvalue weighted by molar-refractivity contribution is -0.385. The molecule has 5 rings (SSSR count). The Balaban J connectivity index is 1.81. The van der Waals surface area contributed by atoms with Crippen LogP contribution >= 0.6 is 11.6 Å². The fourth-order valence-corrected chi connectivity index (χ4v) is 5.57. The lowest BCUT2D eigenvalue weighted by atomic mass is 10.0. The number of hydrogen-bond acceptors (Lipinski definition) is 6. The topological polar surface area (TPSA) is 105 Å². The third-order valence-electron chi connectivity index (χ3n) is 7.25. The zero-order valence-electron chi connectivity index (χ0n) is 24.2. The van der Waals surface area contributed by atoms with Crippen molar-refractivity contribution in [1.82, 2.24) is 14.3 Å². The van der Waals surface area contributed by atoms with Crippen LogP contribution < -0.4 is 5.56 Å². The Morgan fingerprint density at radius 3 is 2.56 bits per heavy atom. The van der Waals surface area contributed by atoms with Crippen LogP contribution in [0.25, 0.3) is 33.3 Å². The van der Waals surface area contributed by atoms with Crippen molar-refractivity contribution < 1.29 is 9.66 Å². The van der Waals surface area contributed by atoms with E-state index >= 15 is 0 Å². The predicted molar refractivity (Wildman–Crippen MR) is 172 cm³/mol. The molecule has 0 aliphatic rings. The number of nitro benzene ring substituents is 1. The van der Waals surface area contributed by atoms with Crippen LogP contribution in [0, 0.1) is 10.1 Å². The van der Waals surface area contributed by atoms with Gasteiger partial charge in [-0.2, -0.15) is 5.10 Å². The van der Waals surface area contributed by atoms with Gasteiger partial charge >= 0.3 is 0 Å². The maximum atomic E-state index is 14.0. The normalized spacial score (nSPS) is 12.2. The molecule has 2 heterocycles. The lowest BCUT2D eigenvalue weighted by Crippen LogP contribution is -2.26. The number of pyridine rings is 1. The number of fused-ring (bicyclic) bond motifs is 1. The summed E-state index contributed by atoms with van der Waals surface area (Å²) < 4.78 is 8.54. The molecule has 218 valence electrons. The van der Waals surface area contributed by atoms with Crippen molar-refractivity contribution in [1.29, 1.82) is 0 Å². The maximum absolute atomic E-state index is 14.0. The number of nitrogens with zero attached hydrogens (tertiary/aromatic N) is 5. The van der Waals surface area contributed by atoms with Crippen molar-refractivity contribution in [2.24, 2.45) is 4.99 Å². The predicted octanol–water partition coefficient (Wildman–Crippen LogP) is 7.93. The van der Waals surface area contributed by atoms with Gasteiger partial charge in [0.2, 0.25) is 0 Å². The molecule has 0 amide bonds. The number of halogens is 1. The Morgan fingerprint density at radius 1 is 1.16 bits per heavy atom. The first-order chi connectivity index (χ1) is 20.7. The van der Waals surface area contributed by atoms with Crippen molar-refractivity contribution in [3.8, 4) is 16.9 Å². The summed E-state index contributed by atoms with van der Waals surface area (Å²) in [7, 11) is 1.49. The van der Waals surface area contributed by atoms with E-state index in [0.29, 0.717) is 61.0 Å². The highest BCUT2D eigenvalue weighted by molar-refractivity contribution is 6.35. The first-order valence-electron chi connectivity index (χ1n) is 13.6. The minimum Gasteiger partial charge on any atom is -0.380 e. The Kier molecular flexibility index (Phi) is 8.38. The second-order valence-electron chi connectivity index (χ2n) is 10.1. The first-order valence-corrected chi connectivity index (χ1v) is 14.0. The Bertz CT molecular complexity index is 1960. The lowest BCUT2D eigenvalue weighted by Gasteiger charge is -2.21. The van der Waals surface area contributed by atoms with Crippen LogP contribution in [-0.2, 0) is 11.3 Å². The quantitative estimate of drug-likeness (QED) is 0.0977. The summed E-state index contributed by atoms with van der Waals surface area (Å²) in [5.74, 6) is 0.513. The zero-order valence-corrected chi connectivity index (χ0v) is 25.0. The molecule has 0 N–H and O–H groups in total. The average molecular weight is 596 g/mol. The number of rotatable bonds is 9. The number of ether oxygens (including phenoxy) is 1. The number of aliphatic imine (C=N–C) groups is 1. The van der Waals surface area contributed by atoms with Gasteiger partial charge < -0.3 is 4.74 Å². The second-order valence-corrected chi connectivity index (χ2v) is 10.5. The smallest absolute Gasteiger partial charge is 0.275 e. The summed E-state index contributed by atoms with van der Waals surface area (Å²) in [4.78, 5) is 30.2. The van der Waals surface area contributed by atoms with E-state index in [1.54, 1.807) is 40.6 Å². The van der Waals surface area contributed by atoms with Gasteiger partial charge in [0.05, 0.1) is 39.2 Å². The standard InChI is InChI=1S/C33H30ClN5O4/c1-6-35-32-29(20(2)3)31(23-15-16-24(19-43-5)28(18-23)39(41)42)36-38(32)21(4)27-17-22-11-10-14-26(34)30(22)33(40)37(27)25-12-8-7-9-13-25/h6-18,21H,2,19H2,1,3-5H3. The molecule has 2 aromatic heterocycles. The van der Waals surface area contributed by atoms with Crippen LogP contribution in [0.2, 0.25) is 5.02 Å². The van der Waals surface area contributed by atoms with Crippen molar-refractivity contribution in [3.63, 3.8) is 0 Å². The molecule has 0 aliphatic carbocycles. The largest absolute Gasteiger partial charge is 0.380 e. The number of nitro groups is 1. The number of methoxy groups -OCH3 is 1. The van der Waals surface area contributed by atoms with Crippen molar-refractivity contribution in [2.75, 3.05) is 7.11 Å². The molecule has 3 aromatic carbocycles. The third kappa shape index (κ3) is 5.40. The van der Waals surface area contributed by atoms with Gasteiger partial charge in [0.15, 0.2) is 5.82 Å². The van der Waals surface area contributed by atoms with Crippen LogP contribution in [-0.4, -0.2) is 32.6 Å². The van der Waals surface area contributed by atoms with E-state index in [1.807, 2.05) is 62.4 Å². The average Bonchev–Trinajstić information content (AvgIpc) is 3.37. The van der Waals surface area contributed by atoms with Gasteiger partial charge in [-0.05, 0) is 62.1 Å². The van der Waals surface area contributed by atoms with E-state index in [9.17, 15) is 14.9 Å². The molecule has 0 aliphatic heterocycles. The minimum absolute atomic E-state index is 0.0699. The van der Waals surface area contributed by atoms with Crippen LogP contribution in [0.15, 0.2) is 89.2 Å². The highest BCUT2D eigenvalue weighted by atomic mass is 35.5. The molecule has 10 heteroatoms. The van der Waals surface area contributed by atoms with Crippen molar-refractivity contribution >= 4 is 45.7 Å². The summed E-state index contributed by atoms with van der Waals surface area (Å²) in [6, 6.07) is 21.1. The molecule has 43 heavy (non-hydrogen) atoms. The number of aromatic nitrogens is 3. The van der Waals surface area contributed by atoms with Crippen LogP contribution in [0.1, 0.15) is 43.6 Å². The van der Waals surface area contributed by atoms with E-state index in [2.05, 4.69) is 11.6 Å². The second kappa shape index (κ2) is 12.2. The highest BCUT2D eigenvalue weighted by Crippen LogP contribution is 2.40. The molecule has 1 atom stereocenters. The molecule has 0 spiro atoms. The molecule has 1 unspecified atom stereocenters. The molecular weight excluding hydrogens is 566 g/mol. The summed E-state index contributed by atoms with van der Waals surface area (Å²) in [6.07, 6.45) is 1.66. The van der Waals surface area contributed by atoms with Gasteiger partial charge in [0.25, 0.3) is 11.2 Å². The summed E-state index contributed by atoms with van der Waals surface area (Å²) in [5.41, 5.74) is 3.82. The minimum atomic E-state index is -0.510.